The summed E-state index contributed by atoms with van der Waals surface area (Å²) in [6, 6.07) is 14.9. The van der Waals surface area contributed by atoms with Gasteiger partial charge in [0, 0.05) is 41.1 Å². The Kier molecular flexibility index (Phi) is 7.67. The zero-order valence-electron chi connectivity index (χ0n) is 16.8. The molecular formula is C22H21Cl2N3O3S. The van der Waals surface area contributed by atoms with E-state index >= 15 is 0 Å². The van der Waals surface area contributed by atoms with E-state index in [0.717, 1.165) is 15.4 Å². The fourth-order valence-corrected chi connectivity index (χ4v) is 4.74. The van der Waals surface area contributed by atoms with Crippen LogP contribution >= 0.6 is 23.2 Å². The summed E-state index contributed by atoms with van der Waals surface area (Å²) in [5, 5.41) is 3.39. The van der Waals surface area contributed by atoms with E-state index in [-0.39, 0.29) is 24.5 Å². The quantitative estimate of drug-likeness (QED) is 0.526. The number of benzene rings is 2. The number of aromatic nitrogens is 1. The van der Waals surface area contributed by atoms with Gasteiger partial charge in [-0.25, -0.2) is 8.42 Å². The standard InChI is InChI=1S/C22H21Cl2N3O3S/c1-16-5-7-18(8-6-16)31(29,30)27(14-19-20(23)3-2-4-21(19)24)15-22(28)26-13-17-9-11-25-12-10-17/h2-12H,13-15H2,1H3,(H,26,28). The van der Waals surface area contributed by atoms with Crippen LogP contribution in [0.1, 0.15) is 16.7 Å². The lowest BCUT2D eigenvalue weighted by atomic mass is 10.2. The number of halogens is 2. The Morgan fingerprint density at radius 3 is 2.23 bits per heavy atom. The Hall–Kier alpha value is -2.45. The van der Waals surface area contributed by atoms with E-state index in [2.05, 4.69) is 10.3 Å². The molecule has 162 valence electrons. The first-order valence-electron chi connectivity index (χ1n) is 9.42. The lowest BCUT2D eigenvalue weighted by Crippen LogP contribution is -2.40. The van der Waals surface area contributed by atoms with Crippen LogP contribution in [0.2, 0.25) is 10.0 Å². The third kappa shape index (κ3) is 6.04. The minimum absolute atomic E-state index is 0.0863. The smallest absolute Gasteiger partial charge is 0.243 e. The highest BCUT2D eigenvalue weighted by atomic mass is 35.5. The second-order valence-corrected chi connectivity index (χ2v) is 9.67. The van der Waals surface area contributed by atoms with Crippen LogP contribution in [0.3, 0.4) is 0 Å². The van der Waals surface area contributed by atoms with E-state index in [9.17, 15) is 13.2 Å². The van der Waals surface area contributed by atoms with Crippen molar-refractivity contribution in [2.24, 2.45) is 0 Å². The molecule has 1 N–H and O–H groups in total. The molecule has 9 heteroatoms. The molecule has 3 rings (SSSR count). The summed E-state index contributed by atoms with van der Waals surface area (Å²) in [7, 11) is -3.98. The molecule has 3 aromatic rings. The first kappa shape index (κ1) is 23.2. The van der Waals surface area contributed by atoms with Gasteiger partial charge in [-0.1, -0.05) is 47.0 Å². The Morgan fingerprint density at radius 2 is 1.61 bits per heavy atom. The Balaban J connectivity index is 1.86. The molecule has 2 aromatic carbocycles. The monoisotopic (exact) mass is 477 g/mol. The van der Waals surface area contributed by atoms with Gasteiger partial charge in [-0.3, -0.25) is 9.78 Å². The lowest BCUT2D eigenvalue weighted by molar-refractivity contribution is -0.121. The molecular weight excluding hydrogens is 457 g/mol. The maximum absolute atomic E-state index is 13.3. The molecule has 1 heterocycles. The number of rotatable bonds is 8. The highest BCUT2D eigenvalue weighted by Gasteiger charge is 2.28. The van der Waals surface area contributed by atoms with Crippen molar-refractivity contribution in [1.82, 2.24) is 14.6 Å². The number of hydrogen-bond donors (Lipinski definition) is 1. The number of nitrogens with one attached hydrogen (secondary N) is 1. The van der Waals surface area contributed by atoms with Crippen LogP contribution in [-0.2, 0) is 27.9 Å². The molecule has 0 aliphatic rings. The minimum atomic E-state index is -3.98. The van der Waals surface area contributed by atoms with Crippen molar-refractivity contribution in [1.29, 1.82) is 0 Å². The van der Waals surface area contributed by atoms with E-state index < -0.39 is 15.9 Å². The normalized spacial score (nSPS) is 11.5. The van der Waals surface area contributed by atoms with Crippen LogP contribution in [0.5, 0.6) is 0 Å². The Bertz CT molecular complexity index is 1130. The van der Waals surface area contributed by atoms with E-state index in [0.29, 0.717) is 15.6 Å². The third-order valence-corrected chi connectivity index (χ3v) is 7.13. The molecule has 6 nitrogen and oxygen atoms in total. The van der Waals surface area contributed by atoms with Crippen LogP contribution in [0, 0.1) is 6.92 Å². The minimum Gasteiger partial charge on any atom is -0.351 e. The summed E-state index contributed by atoms with van der Waals surface area (Å²) >= 11 is 12.5. The number of sulfonamides is 1. The summed E-state index contributed by atoms with van der Waals surface area (Å²) < 4.78 is 27.7. The van der Waals surface area contributed by atoms with Crippen molar-refractivity contribution < 1.29 is 13.2 Å². The fourth-order valence-electron chi connectivity index (χ4n) is 2.86. The third-order valence-electron chi connectivity index (χ3n) is 4.61. The van der Waals surface area contributed by atoms with Gasteiger partial charge < -0.3 is 5.32 Å². The van der Waals surface area contributed by atoms with Crippen LogP contribution in [-0.4, -0.2) is 30.2 Å². The van der Waals surface area contributed by atoms with Crippen molar-refractivity contribution in [2.75, 3.05) is 6.54 Å². The van der Waals surface area contributed by atoms with Gasteiger partial charge in [0.15, 0.2) is 0 Å². The maximum atomic E-state index is 13.3. The Labute approximate surface area is 191 Å². The van der Waals surface area contributed by atoms with Gasteiger partial charge in [0.1, 0.15) is 0 Å². The second kappa shape index (κ2) is 10.2. The number of amides is 1. The van der Waals surface area contributed by atoms with Crippen molar-refractivity contribution in [3.05, 3.63) is 93.7 Å². The summed E-state index contributed by atoms with van der Waals surface area (Å²) in [6.45, 7) is 1.59. The summed E-state index contributed by atoms with van der Waals surface area (Å²) in [4.78, 5) is 16.6. The van der Waals surface area contributed by atoms with Gasteiger partial charge in [-0.2, -0.15) is 4.31 Å². The average molecular weight is 478 g/mol. The number of nitrogens with zero attached hydrogens (tertiary/aromatic N) is 2. The number of pyridine rings is 1. The number of hydrogen-bond acceptors (Lipinski definition) is 4. The fraction of sp³-hybridized carbons (Fsp3) is 0.182. The van der Waals surface area contributed by atoms with Gasteiger partial charge in [0.25, 0.3) is 0 Å². The molecule has 0 aliphatic carbocycles. The molecule has 1 amide bonds. The Morgan fingerprint density at radius 1 is 1.00 bits per heavy atom. The average Bonchev–Trinajstić information content (AvgIpc) is 2.75. The first-order valence-corrected chi connectivity index (χ1v) is 11.6. The van der Waals surface area contributed by atoms with Gasteiger partial charge in [-0.15, -0.1) is 0 Å². The zero-order valence-corrected chi connectivity index (χ0v) is 19.1. The molecule has 0 saturated heterocycles. The maximum Gasteiger partial charge on any atom is 0.243 e. The highest BCUT2D eigenvalue weighted by Crippen LogP contribution is 2.28. The molecule has 1 aromatic heterocycles. The van der Waals surface area contributed by atoms with E-state index in [4.69, 9.17) is 23.2 Å². The SMILES string of the molecule is Cc1ccc(S(=O)(=O)N(CC(=O)NCc2ccncc2)Cc2c(Cl)cccc2Cl)cc1. The molecule has 0 aliphatic heterocycles. The van der Waals surface area contributed by atoms with Crippen molar-refractivity contribution >= 4 is 39.1 Å². The molecule has 0 saturated carbocycles. The van der Waals surface area contributed by atoms with Crippen molar-refractivity contribution in [3.63, 3.8) is 0 Å². The zero-order chi connectivity index (χ0) is 22.4. The number of aryl methyl sites for hydroxylation is 1. The first-order chi connectivity index (χ1) is 14.8. The summed E-state index contributed by atoms with van der Waals surface area (Å²) in [5.74, 6) is -0.448. The van der Waals surface area contributed by atoms with E-state index in [1.54, 1.807) is 54.9 Å². The van der Waals surface area contributed by atoms with E-state index in [1.807, 2.05) is 6.92 Å². The number of carbonyl (C=O) groups is 1. The van der Waals surface area contributed by atoms with E-state index in [1.165, 1.54) is 12.1 Å². The van der Waals surface area contributed by atoms with Crippen LogP contribution in [0.25, 0.3) is 0 Å². The van der Waals surface area contributed by atoms with Gasteiger partial charge in [-0.05, 0) is 48.9 Å². The number of carbonyl (C=O) groups excluding carboxylic acids is 1. The molecule has 0 radical (unpaired) electrons. The molecule has 31 heavy (non-hydrogen) atoms. The van der Waals surface area contributed by atoms with Gasteiger partial charge in [0.05, 0.1) is 11.4 Å². The molecule has 0 unspecified atom stereocenters. The van der Waals surface area contributed by atoms with Crippen LogP contribution in [0.4, 0.5) is 0 Å². The summed E-state index contributed by atoms with van der Waals surface area (Å²) in [5.41, 5.74) is 2.21. The predicted octanol–water partition coefficient (Wildman–Crippen LogP) is 4.20. The molecule has 0 spiro atoms. The lowest BCUT2D eigenvalue weighted by Gasteiger charge is -2.23. The second-order valence-electron chi connectivity index (χ2n) is 6.92. The molecule has 0 atom stereocenters. The topological polar surface area (TPSA) is 79.4 Å². The van der Waals surface area contributed by atoms with Crippen molar-refractivity contribution in [2.45, 2.75) is 24.9 Å². The van der Waals surface area contributed by atoms with Crippen molar-refractivity contribution in [3.8, 4) is 0 Å². The summed E-state index contributed by atoms with van der Waals surface area (Å²) in [6.07, 6.45) is 3.24. The van der Waals surface area contributed by atoms with Gasteiger partial charge >= 0.3 is 0 Å². The van der Waals surface area contributed by atoms with Crippen LogP contribution in [0.15, 0.2) is 71.9 Å². The predicted molar refractivity (Wildman–Crippen MR) is 121 cm³/mol. The highest BCUT2D eigenvalue weighted by molar-refractivity contribution is 7.89. The largest absolute Gasteiger partial charge is 0.351 e. The van der Waals surface area contributed by atoms with Gasteiger partial charge in [0.2, 0.25) is 15.9 Å². The molecule has 0 fully saturated rings. The van der Waals surface area contributed by atoms with Crippen LogP contribution < -0.4 is 5.32 Å². The molecule has 0 bridgehead atoms.